The summed E-state index contributed by atoms with van der Waals surface area (Å²) in [6.07, 6.45) is 1.54. The summed E-state index contributed by atoms with van der Waals surface area (Å²) in [5.74, 6) is -2.47. The van der Waals surface area contributed by atoms with Crippen LogP contribution >= 0.6 is 0 Å². The highest BCUT2D eigenvalue weighted by Crippen LogP contribution is 2.40. The van der Waals surface area contributed by atoms with Crippen molar-refractivity contribution in [2.75, 3.05) is 20.8 Å². The fourth-order valence-corrected chi connectivity index (χ4v) is 3.47. The molecule has 7 nitrogen and oxygen atoms in total. The Morgan fingerprint density at radius 3 is 2.28 bits per heavy atom. The van der Waals surface area contributed by atoms with E-state index < -0.39 is 22.8 Å². The number of methoxy groups -OCH3 is 2. The van der Waals surface area contributed by atoms with E-state index in [9.17, 15) is 19.1 Å². The number of rotatable bonds is 7. The summed E-state index contributed by atoms with van der Waals surface area (Å²) in [5, 5.41) is 9.28. The van der Waals surface area contributed by atoms with E-state index in [1.165, 1.54) is 14.2 Å². The van der Waals surface area contributed by atoms with Crippen molar-refractivity contribution in [3.8, 4) is 11.5 Å². The van der Waals surface area contributed by atoms with Gasteiger partial charge in [0.15, 0.2) is 11.6 Å². The van der Waals surface area contributed by atoms with Crippen LogP contribution in [-0.2, 0) is 14.3 Å². The second-order valence-corrected chi connectivity index (χ2v) is 8.32. The average Bonchev–Trinajstić information content (AvgIpc) is 2.63. The normalized spacial score (nSPS) is 22.1. The van der Waals surface area contributed by atoms with Crippen LogP contribution < -0.4 is 9.47 Å². The third kappa shape index (κ3) is 5.59. The molecule has 0 unspecified atom stereocenters. The molecule has 0 spiro atoms. The Kier molecular flexibility index (Phi) is 7.11. The molecule has 1 aromatic rings. The van der Waals surface area contributed by atoms with Crippen LogP contribution in [0.1, 0.15) is 56.8 Å². The monoisotopic (exact) mass is 412 g/mol. The lowest BCUT2D eigenvalue weighted by Crippen LogP contribution is -2.45. The van der Waals surface area contributed by atoms with Gasteiger partial charge < -0.3 is 24.1 Å². The summed E-state index contributed by atoms with van der Waals surface area (Å²) in [6, 6.07) is 2.12. The van der Waals surface area contributed by atoms with Crippen LogP contribution in [0, 0.1) is 11.2 Å². The highest BCUT2D eigenvalue weighted by molar-refractivity contribution is 5.91. The van der Waals surface area contributed by atoms with Gasteiger partial charge in [0.2, 0.25) is 0 Å². The minimum absolute atomic E-state index is 0.0740. The number of carboxylic acid groups (broad SMARTS) is 1. The zero-order valence-corrected chi connectivity index (χ0v) is 17.5. The summed E-state index contributed by atoms with van der Waals surface area (Å²) >= 11 is 0. The van der Waals surface area contributed by atoms with Crippen LogP contribution in [0.2, 0.25) is 0 Å². The molecule has 29 heavy (non-hydrogen) atoms. The summed E-state index contributed by atoms with van der Waals surface area (Å²) in [6.45, 7) is 5.67. The van der Waals surface area contributed by atoms with Gasteiger partial charge in [0.05, 0.1) is 25.2 Å². The largest absolute Gasteiger partial charge is 0.496 e. The Bertz CT molecular complexity index is 746. The lowest BCUT2D eigenvalue weighted by atomic mass is 9.73. The van der Waals surface area contributed by atoms with Gasteiger partial charge in [-0.05, 0) is 46.5 Å². The molecule has 0 amide bonds. The van der Waals surface area contributed by atoms with Crippen LogP contribution in [0.5, 0.6) is 11.5 Å². The second kappa shape index (κ2) is 8.98. The third-order valence-corrected chi connectivity index (χ3v) is 4.92. The Hall–Kier alpha value is -2.35. The average molecular weight is 412 g/mol. The van der Waals surface area contributed by atoms with Gasteiger partial charge in [0, 0.05) is 19.2 Å². The number of esters is 1. The minimum Gasteiger partial charge on any atom is -0.496 e. The fraction of sp³-hybridized carbons (Fsp3) is 0.619. The molecule has 162 valence electrons. The Labute approximate surface area is 170 Å². The van der Waals surface area contributed by atoms with Crippen LogP contribution in [0.15, 0.2) is 12.1 Å². The van der Waals surface area contributed by atoms with E-state index in [1.54, 1.807) is 0 Å². The molecule has 0 saturated heterocycles. The molecule has 2 rings (SSSR count). The van der Waals surface area contributed by atoms with Crippen molar-refractivity contribution in [3.63, 3.8) is 0 Å². The Morgan fingerprint density at radius 1 is 1.17 bits per heavy atom. The van der Waals surface area contributed by atoms with E-state index in [0.717, 1.165) is 12.1 Å². The molecule has 0 heterocycles. The lowest BCUT2D eigenvalue weighted by Gasteiger charge is -2.39. The zero-order valence-electron chi connectivity index (χ0n) is 17.5. The topological polar surface area (TPSA) is 91.3 Å². The highest BCUT2D eigenvalue weighted by atomic mass is 19.1. The highest BCUT2D eigenvalue weighted by Gasteiger charge is 2.45. The fourth-order valence-electron chi connectivity index (χ4n) is 3.47. The molecule has 1 saturated carbocycles. The van der Waals surface area contributed by atoms with Gasteiger partial charge in [-0.3, -0.25) is 4.79 Å². The van der Waals surface area contributed by atoms with E-state index in [-0.39, 0.29) is 35.7 Å². The molecule has 1 aromatic carbocycles. The molecular formula is C21H29FO7. The van der Waals surface area contributed by atoms with Crippen molar-refractivity contribution < 1.29 is 38.0 Å². The standard InChI is InChI=1S/C21H29FO7/c1-20(2,3)29-19(25)21(12-26-4)8-6-13(7-9-21)28-17-10-14(18(23)24)16(27-5)11-15(17)22/h10-11,13H,6-9,12H2,1-5H3,(H,23,24). The van der Waals surface area contributed by atoms with Gasteiger partial charge >= 0.3 is 11.9 Å². The first-order valence-corrected chi connectivity index (χ1v) is 9.51. The first kappa shape index (κ1) is 22.9. The number of carbonyl (C=O) groups excluding carboxylic acids is 1. The number of aromatic carboxylic acids is 1. The molecule has 0 atom stereocenters. The van der Waals surface area contributed by atoms with Crippen molar-refractivity contribution in [2.45, 2.75) is 58.2 Å². The van der Waals surface area contributed by atoms with Gasteiger partial charge in [-0.2, -0.15) is 0 Å². The smallest absolute Gasteiger partial charge is 0.339 e. The van der Waals surface area contributed by atoms with Crippen LogP contribution in [-0.4, -0.2) is 49.6 Å². The van der Waals surface area contributed by atoms with Gasteiger partial charge in [-0.25, -0.2) is 9.18 Å². The Morgan fingerprint density at radius 2 is 1.79 bits per heavy atom. The maximum atomic E-state index is 14.3. The Balaban J connectivity index is 2.13. The molecule has 0 bridgehead atoms. The third-order valence-electron chi connectivity index (χ3n) is 4.92. The van der Waals surface area contributed by atoms with Crippen molar-refractivity contribution >= 4 is 11.9 Å². The van der Waals surface area contributed by atoms with Crippen molar-refractivity contribution in [1.82, 2.24) is 0 Å². The van der Waals surface area contributed by atoms with Crippen molar-refractivity contribution in [1.29, 1.82) is 0 Å². The number of ether oxygens (including phenoxy) is 4. The molecule has 1 fully saturated rings. The summed E-state index contributed by atoms with van der Waals surface area (Å²) in [7, 11) is 2.81. The number of halogens is 1. The summed E-state index contributed by atoms with van der Waals surface area (Å²) < 4.78 is 35.8. The maximum absolute atomic E-state index is 14.3. The number of hydrogen-bond acceptors (Lipinski definition) is 6. The van der Waals surface area contributed by atoms with E-state index in [0.29, 0.717) is 25.7 Å². The predicted octanol–water partition coefficient (Wildman–Crippen LogP) is 3.83. The number of carboxylic acids is 1. The number of carbonyl (C=O) groups is 2. The molecule has 8 heteroatoms. The predicted molar refractivity (Wildman–Crippen MR) is 103 cm³/mol. The molecular weight excluding hydrogens is 383 g/mol. The van der Waals surface area contributed by atoms with E-state index in [4.69, 9.17) is 18.9 Å². The number of benzene rings is 1. The molecule has 0 aromatic heterocycles. The van der Waals surface area contributed by atoms with E-state index in [2.05, 4.69) is 0 Å². The van der Waals surface area contributed by atoms with E-state index in [1.807, 2.05) is 20.8 Å². The molecule has 1 N–H and O–H groups in total. The molecule has 1 aliphatic carbocycles. The summed E-state index contributed by atoms with van der Waals surface area (Å²) in [4.78, 5) is 24.1. The maximum Gasteiger partial charge on any atom is 0.339 e. The molecule has 1 aliphatic rings. The van der Waals surface area contributed by atoms with E-state index >= 15 is 0 Å². The first-order valence-electron chi connectivity index (χ1n) is 9.51. The lowest BCUT2D eigenvalue weighted by molar-refractivity contribution is -0.175. The van der Waals surface area contributed by atoms with Crippen molar-refractivity contribution in [2.24, 2.45) is 5.41 Å². The molecule has 0 aliphatic heterocycles. The summed E-state index contributed by atoms with van der Waals surface area (Å²) in [5.41, 5.74) is -1.56. The second-order valence-electron chi connectivity index (χ2n) is 8.32. The first-order chi connectivity index (χ1) is 13.5. The van der Waals surface area contributed by atoms with Gasteiger partial charge in [-0.15, -0.1) is 0 Å². The van der Waals surface area contributed by atoms with Crippen LogP contribution in [0.4, 0.5) is 4.39 Å². The molecule has 0 radical (unpaired) electrons. The number of hydrogen-bond donors (Lipinski definition) is 1. The van der Waals surface area contributed by atoms with Gasteiger partial charge in [-0.1, -0.05) is 0 Å². The van der Waals surface area contributed by atoms with Gasteiger partial charge in [0.1, 0.15) is 16.9 Å². The van der Waals surface area contributed by atoms with Crippen molar-refractivity contribution in [3.05, 3.63) is 23.5 Å². The quantitative estimate of drug-likeness (QED) is 0.681. The zero-order chi connectivity index (χ0) is 21.8. The van der Waals surface area contributed by atoms with Crippen LogP contribution in [0.25, 0.3) is 0 Å². The van der Waals surface area contributed by atoms with Crippen LogP contribution in [0.3, 0.4) is 0 Å². The minimum atomic E-state index is -1.24. The SMILES string of the molecule is COCC1(C(=O)OC(C)(C)C)CCC(Oc2cc(C(=O)O)c(OC)cc2F)CC1. The van der Waals surface area contributed by atoms with Gasteiger partial charge in [0.25, 0.3) is 0 Å².